The average molecular weight is 279 g/mol. The Balaban J connectivity index is 2.58. The normalized spacial score (nSPS) is 9.84. The second kappa shape index (κ2) is 7.74. The van der Waals surface area contributed by atoms with Gasteiger partial charge in [0, 0.05) is 18.8 Å². The summed E-state index contributed by atoms with van der Waals surface area (Å²) in [7, 11) is 0. The molecule has 2 N–H and O–H groups in total. The Hall–Kier alpha value is -1.62. The van der Waals surface area contributed by atoms with Gasteiger partial charge in [0.05, 0.1) is 6.54 Å². The van der Waals surface area contributed by atoms with Crippen LogP contribution in [-0.4, -0.2) is 35.6 Å². The van der Waals surface area contributed by atoms with Gasteiger partial charge in [-0.3, -0.25) is 4.79 Å². The van der Waals surface area contributed by atoms with Crippen LogP contribution >= 0.6 is 12.2 Å². The van der Waals surface area contributed by atoms with Gasteiger partial charge in [-0.1, -0.05) is 17.7 Å². The number of hydrogen-bond acceptors (Lipinski definition) is 2. The third-order valence-corrected chi connectivity index (χ3v) is 3.04. The lowest BCUT2D eigenvalue weighted by Gasteiger charge is -2.23. The molecule has 0 fully saturated rings. The molecule has 1 rings (SSSR count). The molecule has 0 aliphatic heterocycles. The molecule has 0 heterocycles. The van der Waals surface area contributed by atoms with Crippen LogP contribution in [0.2, 0.25) is 0 Å². The van der Waals surface area contributed by atoms with Crippen LogP contribution < -0.4 is 10.6 Å². The lowest BCUT2D eigenvalue weighted by Crippen LogP contribution is -2.42. The fraction of sp³-hybridized carbons (Fsp3) is 0.429. The molecule has 0 radical (unpaired) electrons. The van der Waals surface area contributed by atoms with E-state index in [2.05, 4.69) is 10.6 Å². The zero-order valence-corrected chi connectivity index (χ0v) is 12.5. The first kappa shape index (κ1) is 15.4. The standard InChI is InChI=1S/C14H21N3OS/c1-4-15-13(18)10-17(5-2)14(19)16-12-8-6-11(3)7-9-12/h6-9H,4-5,10H2,1-3H3,(H,15,18)(H,16,19). The van der Waals surface area contributed by atoms with Gasteiger partial charge in [-0.25, -0.2) is 0 Å². The van der Waals surface area contributed by atoms with Gasteiger partial charge < -0.3 is 15.5 Å². The van der Waals surface area contributed by atoms with Crippen LogP contribution in [0.4, 0.5) is 5.69 Å². The summed E-state index contributed by atoms with van der Waals surface area (Å²) in [5.41, 5.74) is 2.14. The van der Waals surface area contributed by atoms with Crippen LogP contribution in [0.5, 0.6) is 0 Å². The number of carbonyl (C=O) groups is 1. The Bertz CT molecular complexity index is 431. The van der Waals surface area contributed by atoms with Crippen molar-refractivity contribution in [2.24, 2.45) is 0 Å². The average Bonchev–Trinajstić information content (AvgIpc) is 2.39. The first-order valence-corrected chi connectivity index (χ1v) is 6.87. The summed E-state index contributed by atoms with van der Waals surface area (Å²) in [6.07, 6.45) is 0. The van der Waals surface area contributed by atoms with E-state index in [1.54, 1.807) is 0 Å². The predicted octanol–water partition coefficient (Wildman–Crippen LogP) is 2.15. The number of carbonyl (C=O) groups excluding carboxylic acids is 1. The molecule has 0 unspecified atom stereocenters. The van der Waals surface area contributed by atoms with E-state index in [1.807, 2.05) is 49.9 Å². The van der Waals surface area contributed by atoms with Crippen molar-refractivity contribution in [3.8, 4) is 0 Å². The van der Waals surface area contributed by atoms with E-state index >= 15 is 0 Å². The highest BCUT2D eigenvalue weighted by atomic mass is 32.1. The zero-order valence-electron chi connectivity index (χ0n) is 11.7. The highest BCUT2D eigenvalue weighted by Gasteiger charge is 2.11. The number of amides is 1. The van der Waals surface area contributed by atoms with Gasteiger partial charge in [-0.15, -0.1) is 0 Å². The van der Waals surface area contributed by atoms with Crippen molar-refractivity contribution in [1.29, 1.82) is 0 Å². The minimum Gasteiger partial charge on any atom is -0.355 e. The molecule has 19 heavy (non-hydrogen) atoms. The number of anilines is 1. The van der Waals surface area contributed by atoms with Crippen molar-refractivity contribution in [1.82, 2.24) is 10.2 Å². The molecule has 0 atom stereocenters. The quantitative estimate of drug-likeness (QED) is 0.811. The van der Waals surface area contributed by atoms with Crippen LogP contribution in [0, 0.1) is 6.92 Å². The van der Waals surface area contributed by atoms with Crippen LogP contribution in [0.1, 0.15) is 19.4 Å². The van der Waals surface area contributed by atoms with Crippen molar-refractivity contribution < 1.29 is 4.79 Å². The van der Waals surface area contributed by atoms with Crippen LogP contribution in [0.25, 0.3) is 0 Å². The van der Waals surface area contributed by atoms with Gasteiger partial charge in [0.25, 0.3) is 0 Å². The van der Waals surface area contributed by atoms with Crippen LogP contribution in [0.15, 0.2) is 24.3 Å². The molecule has 0 saturated carbocycles. The number of nitrogens with one attached hydrogen (secondary N) is 2. The summed E-state index contributed by atoms with van der Waals surface area (Å²) in [5, 5.41) is 6.48. The third-order valence-electron chi connectivity index (χ3n) is 2.68. The number of benzene rings is 1. The van der Waals surface area contributed by atoms with E-state index < -0.39 is 0 Å². The van der Waals surface area contributed by atoms with Crippen molar-refractivity contribution in [3.63, 3.8) is 0 Å². The second-order valence-electron chi connectivity index (χ2n) is 4.26. The number of rotatable bonds is 5. The molecule has 0 spiro atoms. The minimum absolute atomic E-state index is 0.0163. The molecule has 0 aliphatic rings. The van der Waals surface area contributed by atoms with Crippen molar-refractivity contribution >= 4 is 28.9 Å². The first-order valence-electron chi connectivity index (χ1n) is 6.46. The molecule has 1 aromatic carbocycles. The molecule has 1 aromatic rings. The highest BCUT2D eigenvalue weighted by Crippen LogP contribution is 2.09. The van der Waals surface area contributed by atoms with Crippen LogP contribution in [-0.2, 0) is 4.79 Å². The van der Waals surface area contributed by atoms with E-state index in [0.29, 0.717) is 18.2 Å². The largest absolute Gasteiger partial charge is 0.355 e. The number of nitrogens with zero attached hydrogens (tertiary/aromatic N) is 1. The summed E-state index contributed by atoms with van der Waals surface area (Å²) < 4.78 is 0. The summed E-state index contributed by atoms with van der Waals surface area (Å²) in [4.78, 5) is 13.4. The minimum atomic E-state index is -0.0163. The van der Waals surface area contributed by atoms with Gasteiger partial charge >= 0.3 is 0 Å². The maximum absolute atomic E-state index is 11.6. The third kappa shape index (κ3) is 5.26. The van der Waals surface area contributed by atoms with E-state index in [9.17, 15) is 4.79 Å². The molecule has 1 amide bonds. The monoisotopic (exact) mass is 279 g/mol. The lowest BCUT2D eigenvalue weighted by molar-refractivity contribution is -0.121. The Labute approximate surface area is 120 Å². The van der Waals surface area contributed by atoms with Crippen molar-refractivity contribution in [3.05, 3.63) is 29.8 Å². The Morgan fingerprint density at radius 2 is 1.89 bits per heavy atom. The summed E-state index contributed by atoms with van der Waals surface area (Å²) in [5.74, 6) is -0.0163. The van der Waals surface area contributed by atoms with Crippen molar-refractivity contribution in [2.75, 3.05) is 25.0 Å². The van der Waals surface area contributed by atoms with Gasteiger partial charge in [-0.05, 0) is 45.1 Å². The van der Waals surface area contributed by atoms with E-state index in [1.165, 1.54) is 5.56 Å². The molecule has 0 aliphatic carbocycles. The van der Waals surface area contributed by atoms with Gasteiger partial charge in [0.2, 0.25) is 5.91 Å². The number of aryl methyl sites for hydroxylation is 1. The fourth-order valence-electron chi connectivity index (χ4n) is 1.59. The molecule has 5 heteroatoms. The summed E-state index contributed by atoms with van der Waals surface area (Å²) in [6.45, 7) is 7.51. The SMILES string of the molecule is CCNC(=O)CN(CC)C(=S)Nc1ccc(C)cc1. The number of likely N-dealkylation sites (N-methyl/N-ethyl adjacent to an activating group) is 2. The van der Waals surface area contributed by atoms with Gasteiger partial charge in [-0.2, -0.15) is 0 Å². The second-order valence-corrected chi connectivity index (χ2v) is 4.65. The van der Waals surface area contributed by atoms with E-state index in [-0.39, 0.29) is 12.5 Å². The van der Waals surface area contributed by atoms with Gasteiger partial charge in [0.15, 0.2) is 5.11 Å². The molecular formula is C14H21N3OS. The Kier molecular flexibility index (Phi) is 6.29. The number of thiocarbonyl (C=S) groups is 1. The molecular weight excluding hydrogens is 258 g/mol. The Morgan fingerprint density at radius 1 is 1.26 bits per heavy atom. The predicted molar refractivity (Wildman–Crippen MR) is 83.3 cm³/mol. The molecule has 0 aromatic heterocycles. The molecule has 104 valence electrons. The van der Waals surface area contributed by atoms with E-state index in [4.69, 9.17) is 12.2 Å². The lowest BCUT2D eigenvalue weighted by atomic mass is 10.2. The summed E-state index contributed by atoms with van der Waals surface area (Å²) >= 11 is 5.33. The topological polar surface area (TPSA) is 44.4 Å². The summed E-state index contributed by atoms with van der Waals surface area (Å²) in [6, 6.07) is 7.99. The smallest absolute Gasteiger partial charge is 0.239 e. The first-order chi connectivity index (χ1) is 9.06. The van der Waals surface area contributed by atoms with Gasteiger partial charge in [0.1, 0.15) is 0 Å². The zero-order chi connectivity index (χ0) is 14.3. The van der Waals surface area contributed by atoms with E-state index in [0.717, 1.165) is 5.69 Å². The molecule has 0 saturated heterocycles. The fourth-order valence-corrected chi connectivity index (χ4v) is 1.90. The molecule has 0 bridgehead atoms. The Morgan fingerprint density at radius 3 is 2.42 bits per heavy atom. The highest BCUT2D eigenvalue weighted by molar-refractivity contribution is 7.80. The maximum atomic E-state index is 11.6. The van der Waals surface area contributed by atoms with Crippen LogP contribution in [0.3, 0.4) is 0 Å². The number of hydrogen-bond donors (Lipinski definition) is 2. The van der Waals surface area contributed by atoms with Crippen molar-refractivity contribution in [2.45, 2.75) is 20.8 Å². The molecule has 4 nitrogen and oxygen atoms in total. The maximum Gasteiger partial charge on any atom is 0.239 e.